The van der Waals surface area contributed by atoms with Crippen LogP contribution in [0, 0.1) is 11.8 Å². The Morgan fingerprint density at radius 3 is 2.59 bits per heavy atom. The van der Waals surface area contributed by atoms with Gasteiger partial charge >= 0.3 is 0 Å². The van der Waals surface area contributed by atoms with E-state index < -0.39 is 0 Å². The molecule has 1 aromatic rings. The summed E-state index contributed by atoms with van der Waals surface area (Å²) < 4.78 is 0. The van der Waals surface area contributed by atoms with Gasteiger partial charge < -0.3 is 15.5 Å². The monoisotopic (exact) mass is 339 g/mol. The lowest BCUT2D eigenvalue weighted by molar-refractivity contribution is 0.355. The normalized spacial score (nSPS) is 25.0. The summed E-state index contributed by atoms with van der Waals surface area (Å²) in [7, 11) is 0. The van der Waals surface area contributed by atoms with Gasteiger partial charge in [0.05, 0.1) is 0 Å². The maximum Gasteiger partial charge on any atom is 0.232 e. The van der Waals surface area contributed by atoms with E-state index in [9.17, 15) is 0 Å². The molecule has 2 N–H and O–H groups in total. The van der Waals surface area contributed by atoms with E-state index in [0.717, 1.165) is 18.9 Å². The van der Waals surface area contributed by atoms with Crippen LogP contribution in [0.1, 0.15) is 33.1 Å². The fourth-order valence-corrected chi connectivity index (χ4v) is 3.46. The molecule has 5 nitrogen and oxygen atoms in total. The first-order chi connectivity index (χ1) is 10.5. The van der Waals surface area contributed by atoms with Crippen molar-refractivity contribution in [2.24, 2.45) is 11.8 Å². The fraction of sp³-hybridized carbons (Fsp3) is 0.667. The molecule has 0 bridgehead atoms. The van der Waals surface area contributed by atoms with E-state index in [2.05, 4.69) is 39.3 Å². The van der Waals surface area contributed by atoms with Crippen molar-refractivity contribution in [3.8, 4) is 0 Å². The minimum absolute atomic E-state index is 0.438. The van der Waals surface area contributed by atoms with Crippen LogP contribution in [-0.4, -0.2) is 34.2 Å². The van der Waals surface area contributed by atoms with Crippen molar-refractivity contribution in [2.75, 3.05) is 23.3 Å². The summed E-state index contributed by atoms with van der Waals surface area (Å²) in [6.07, 6.45) is 3.61. The molecule has 3 rings (SSSR count). The average molecular weight is 340 g/mol. The molecule has 0 amide bonds. The van der Waals surface area contributed by atoms with E-state index >= 15 is 0 Å². The van der Waals surface area contributed by atoms with Crippen molar-refractivity contribution >= 4 is 40.7 Å². The number of rotatable bonds is 3. The van der Waals surface area contributed by atoms with Gasteiger partial charge in [-0.15, -0.1) is 0 Å². The first kappa shape index (κ1) is 15.7. The molecule has 22 heavy (non-hydrogen) atoms. The molecule has 1 aliphatic heterocycles. The lowest BCUT2D eigenvalue weighted by Crippen LogP contribution is -2.39. The molecule has 0 aromatic carbocycles. The minimum atomic E-state index is 0.438. The van der Waals surface area contributed by atoms with E-state index in [1.54, 1.807) is 0 Å². The third-order valence-corrected chi connectivity index (χ3v) is 4.43. The van der Waals surface area contributed by atoms with Crippen molar-refractivity contribution in [3.63, 3.8) is 0 Å². The van der Waals surface area contributed by atoms with Gasteiger partial charge in [0.2, 0.25) is 5.95 Å². The lowest BCUT2D eigenvalue weighted by Gasteiger charge is -2.35. The van der Waals surface area contributed by atoms with Crippen LogP contribution in [0.25, 0.3) is 0 Å². The standard InChI is InChI=1S/C15H22ClN5S/c1-9-5-10(2)8-21(7-9)13-6-12(16)18-14(19-13)20-15(22)17-11-3-4-11/h6,9-11H,3-5,7-8H2,1-2H3,(H2,17,18,19,20,22)/t9-,10-/m1/s1. The van der Waals surface area contributed by atoms with E-state index in [1.807, 2.05) is 6.07 Å². The second-order valence-corrected chi connectivity index (χ2v) is 7.39. The van der Waals surface area contributed by atoms with E-state index in [-0.39, 0.29) is 0 Å². The Balaban J connectivity index is 1.72. The topological polar surface area (TPSA) is 53.1 Å². The van der Waals surface area contributed by atoms with E-state index in [0.29, 0.717) is 34.1 Å². The third kappa shape index (κ3) is 4.20. The summed E-state index contributed by atoms with van der Waals surface area (Å²) >= 11 is 11.4. The van der Waals surface area contributed by atoms with Crippen LogP contribution in [-0.2, 0) is 0 Å². The number of halogens is 1. The predicted molar refractivity (Wildman–Crippen MR) is 94.6 cm³/mol. The molecule has 1 saturated carbocycles. The Bertz CT molecular complexity index is 553. The maximum absolute atomic E-state index is 6.16. The second-order valence-electron chi connectivity index (χ2n) is 6.60. The number of hydrogen-bond donors (Lipinski definition) is 2. The summed E-state index contributed by atoms with van der Waals surface area (Å²) in [5.74, 6) is 2.65. The number of nitrogens with zero attached hydrogens (tertiary/aromatic N) is 3. The summed E-state index contributed by atoms with van der Waals surface area (Å²) in [4.78, 5) is 11.1. The number of nitrogens with one attached hydrogen (secondary N) is 2. The highest BCUT2D eigenvalue weighted by Gasteiger charge is 2.24. The van der Waals surface area contributed by atoms with Crippen LogP contribution in [0.3, 0.4) is 0 Å². The number of anilines is 2. The summed E-state index contributed by atoms with van der Waals surface area (Å²) in [6, 6.07) is 2.33. The molecule has 2 atom stereocenters. The van der Waals surface area contributed by atoms with Crippen LogP contribution in [0.15, 0.2) is 6.07 Å². The van der Waals surface area contributed by atoms with Gasteiger partial charge in [-0.2, -0.15) is 4.98 Å². The number of aromatic nitrogens is 2. The highest BCUT2D eigenvalue weighted by Crippen LogP contribution is 2.27. The zero-order chi connectivity index (χ0) is 15.7. The second kappa shape index (κ2) is 6.54. The van der Waals surface area contributed by atoms with Crippen LogP contribution < -0.4 is 15.5 Å². The van der Waals surface area contributed by atoms with E-state index in [1.165, 1.54) is 19.3 Å². The summed E-state index contributed by atoms with van der Waals surface area (Å²) in [5, 5.41) is 7.26. The van der Waals surface area contributed by atoms with Crippen molar-refractivity contribution < 1.29 is 0 Å². The number of hydrogen-bond acceptors (Lipinski definition) is 4. The Labute approximate surface area is 141 Å². The lowest BCUT2D eigenvalue weighted by atomic mass is 9.92. The van der Waals surface area contributed by atoms with E-state index in [4.69, 9.17) is 23.8 Å². The molecule has 1 aromatic heterocycles. The van der Waals surface area contributed by atoms with Gasteiger partial charge in [0, 0.05) is 25.2 Å². The highest BCUT2D eigenvalue weighted by molar-refractivity contribution is 7.80. The van der Waals surface area contributed by atoms with Gasteiger partial charge in [-0.25, -0.2) is 4.98 Å². The molecule has 7 heteroatoms. The Kier molecular flexibility index (Phi) is 4.68. The molecule has 1 aliphatic carbocycles. The average Bonchev–Trinajstić information content (AvgIpc) is 3.20. The molecular formula is C15H22ClN5S. The summed E-state index contributed by atoms with van der Waals surface area (Å²) in [5.41, 5.74) is 0. The largest absolute Gasteiger partial charge is 0.360 e. The highest BCUT2D eigenvalue weighted by atomic mass is 35.5. The SMILES string of the molecule is C[C@@H]1C[C@@H](C)CN(c2cc(Cl)nc(NC(=S)NC3CC3)n2)C1. The van der Waals surface area contributed by atoms with Crippen molar-refractivity contribution in [2.45, 2.75) is 39.2 Å². The minimum Gasteiger partial charge on any atom is -0.360 e. The maximum atomic E-state index is 6.16. The zero-order valence-corrected chi connectivity index (χ0v) is 14.5. The predicted octanol–water partition coefficient (Wildman–Crippen LogP) is 3.06. The van der Waals surface area contributed by atoms with Crippen molar-refractivity contribution in [3.05, 3.63) is 11.2 Å². The molecule has 1 saturated heterocycles. The van der Waals surface area contributed by atoms with Gasteiger partial charge in [0.1, 0.15) is 11.0 Å². The van der Waals surface area contributed by atoms with Gasteiger partial charge in [0.25, 0.3) is 0 Å². The first-order valence-electron chi connectivity index (χ1n) is 7.86. The Hall–Kier alpha value is -1.14. The smallest absolute Gasteiger partial charge is 0.232 e. The zero-order valence-electron chi connectivity index (χ0n) is 13.0. The Morgan fingerprint density at radius 1 is 1.27 bits per heavy atom. The quantitative estimate of drug-likeness (QED) is 0.652. The fourth-order valence-electron chi connectivity index (χ4n) is 3.02. The third-order valence-electron chi connectivity index (χ3n) is 4.01. The molecule has 2 heterocycles. The first-order valence-corrected chi connectivity index (χ1v) is 8.65. The Morgan fingerprint density at radius 2 is 1.95 bits per heavy atom. The van der Waals surface area contributed by atoms with Gasteiger partial charge in [-0.05, 0) is 43.3 Å². The molecule has 120 valence electrons. The molecule has 0 spiro atoms. The number of piperidine rings is 1. The molecule has 2 aliphatic rings. The van der Waals surface area contributed by atoms with Crippen LogP contribution in [0.2, 0.25) is 5.15 Å². The molecule has 0 radical (unpaired) electrons. The van der Waals surface area contributed by atoms with Gasteiger partial charge in [-0.3, -0.25) is 0 Å². The van der Waals surface area contributed by atoms with Gasteiger partial charge in [0.15, 0.2) is 5.11 Å². The summed E-state index contributed by atoms with van der Waals surface area (Å²) in [6.45, 7) is 6.56. The van der Waals surface area contributed by atoms with Crippen molar-refractivity contribution in [1.29, 1.82) is 0 Å². The number of thiocarbonyl (C=S) groups is 1. The molecular weight excluding hydrogens is 318 g/mol. The molecule has 0 unspecified atom stereocenters. The van der Waals surface area contributed by atoms with Gasteiger partial charge in [-0.1, -0.05) is 25.4 Å². The van der Waals surface area contributed by atoms with Crippen molar-refractivity contribution in [1.82, 2.24) is 15.3 Å². The van der Waals surface area contributed by atoms with Crippen LogP contribution in [0.5, 0.6) is 0 Å². The van der Waals surface area contributed by atoms with Crippen LogP contribution in [0.4, 0.5) is 11.8 Å². The molecule has 2 fully saturated rings. The van der Waals surface area contributed by atoms with Crippen LogP contribution >= 0.6 is 23.8 Å².